The van der Waals surface area contributed by atoms with E-state index in [9.17, 15) is 4.79 Å². The lowest BCUT2D eigenvalue weighted by Gasteiger charge is -2.22. The Kier molecular flexibility index (Phi) is 7.48. The van der Waals surface area contributed by atoms with Gasteiger partial charge in [0, 0.05) is 44.4 Å². The van der Waals surface area contributed by atoms with Gasteiger partial charge in [0.2, 0.25) is 0 Å². The van der Waals surface area contributed by atoms with Gasteiger partial charge in [-0.1, -0.05) is 41.0 Å². The predicted molar refractivity (Wildman–Crippen MR) is 125 cm³/mol. The molecular weight excluding hydrogens is 434 g/mol. The van der Waals surface area contributed by atoms with Gasteiger partial charge in [0.05, 0.1) is 15.8 Å². The van der Waals surface area contributed by atoms with Gasteiger partial charge in [0.25, 0.3) is 5.91 Å². The number of carbonyl (C=O) groups is 1. The number of nitrogens with one attached hydrogen (secondary N) is 1. The molecule has 0 aliphatic carbocycles. The maximum Gasteiger partial charge on any atom is 0.264 e. The maximum absolute atomic E-state index is 12.5. The Morgan fingerprint density at radius 3 is 2.39 bits per heavy atom. The molecule has 0 saturated heterocycles. The number of rotatable bonds is 8. The van der Waals surface area contributed by atoms with E-state index in [2.05, 4.69) is 10.1 Å². The molecular formula is C22H26ClN5O2S. The van der Waals surface area contributed by atoms with Crippen LogP contribution in [0.1, 0.15) is 21.0 Å². The van der Waals surface area contributed by atoms with E-state index in [4.69, 9.17) is 21.5 Å². The van der Waals surface area contributed by atoms with E-state index in [1.54, 1.807) is 24.1 Å². The number of amidine groups is 1. The summed E-state index contributed by atoms with van der Waals surface area (Å²) in [6.45, 7) is 1.97. The summed E-state index contributed by atoms with van der Waals surface area (Å²) >= 11 is 7.17. The number of carbonyl (C=O) groups excluding carboxylic acids is 1. The van der Waals surface area contributed by atoms with Crippen LogP contribution in [-0.2, 0) is 6.54 Å². The van der Waals surface area contributed by atoms with Gasteiger partial charge in [-0.2, -0.15) is 0 Å². The minimum atomic E-state index is -0.115. The number of aromatic nitrogens is 1. The second-order valence-electron chi connectivity index (χ2n) is 7.59. The molecule has 31 heavy (non-hydrogen) atoms. The molecule has 0 radical (unpaired) electrons. The van der Waals surface area contributed by atoms with E-state index < -0.39 is 0 Å². The molecule has 1 aromatic carbocycles. The summed E-state index contributed by atoms with van der Waals surface area (Å²) < 4.78 is 6.01. The molecule has 2 heterocycles. The Balaban J connectivity index is 1.63. The number of likely N-dealkylation sites (N-methyl/N-ethyl adjacent to an activating group) is 2. The normalized spacial score (nSPS) is 11.0. The number of halogens is 1. The largest absolute Gasteiger partial charge is 0.359 e. The van der Waals surface area contributed by atoms with Gasteiger partial charge in [0.1, 0.15) is 11.5 Å². The Labute approximate surface area is 191 Å². The lowest BCUT2D eigenvalue weighted by molar-refractivity contribution is 0.0777. The van der Waals surface area contributed by atoms with Crippen molar-refractivity contribution in [1.29, 1.82) is 5.41 Å². The van der Waals surface area contributed by atoms with Crippen LogP contribution in [0.2, 0.25) is 4.34 Å². The number of benzene rings is 1. The molecule has 164 valence electrons. The number of amides is 1. The molecule has 7 nitrogen and oxygen atoms in total. The summed E-state index contributed by atoms with van der Waals surface area (Å²) in [5, 5.41) is 12.5. The van der Waals surface area contributed by atoms with E-state index in [1.807, 2.05) is 56.4 Å². The minimum Gasteiger partial charge on any atom is -0.359 e. The van der Waals surface area contributed by atoms with Crippen molar-refractivity contribution in [3.05, 3.63) is 63.0 Å². The highest BCUT2D eigenvalue weighted by Gasteiger charge is 2.17. The third kappa shape index (κ3) is 5.94. The molecule has 1 amide bonds. The van der Waals surface area contributed by atoms with E-state index in [1.165, 1.54) is 11.3 Å². The molecule has 0 spiro atoms. The fourth-order valence-electron chi connectivity index (χ4n) is 2.93. The van der Waals surface area contributed by atoms with E-state index in [0.29, 0.717) is 33.0 Å². The van der Waals surface area contributed by atoms with Crippen molar-refractivity contribution in [1.82, 2.24) is 19.9 Å². The number of nitrogens with zero attached hydrogens (tertiary/aromatic N) is 4. The predicted octanol–water partition coefficient (Wildman–Crippen LogP) is 4.15. The zero-order chi connectivity index (χ0) is 22.5. The Hall–Kier alpha value is -2.68. The molecule has 9 heteroatoms. The third-order valence-corrected chi connectivity index (χ3v) is 6.02. The van der Waals surface area contributed by atoms with Gasteiger partial charge in [-0.05, 0) is 26.2 Å². The highest BCUT2D eigenvalue weighted by Crippen LogP contribution is 2.24. The van der Waals surface area contributed by atoms with Crippen LogP contribution in [0.5, 0.6) is 0 Å². The quantitative estimate of drug-likeness (QED) is 0.404. The SMILES string of the molecule is CN(C)CCN(C)C(=N)c1ccc(-c2cc(CN(C)C(=O)c3ccc(Cl)s3)on2)cc1. The van der Waals surface area contributed by atoms with Crippen molar-refractivity contribution in [2.24, 2.45) is 0 Å². The van der Waals surface area contributed by atoms with Crippen LogP contribution in [0.15, 0.2) is 47.0 Å². The smallest absolute Gasteiger partial charge is 0.264 e. The Morgan fingerprint density at radius 1 is 1.06 bits per heavy atom. The number of hydrogen-bond acceptors (Lipinski definition) is 6. The van der Waals surface area contributed by atoms with Crippen molar-refractivity contribution >= 4 is 34.7 Å². The van der Waals surface area contributed by atoms with Crippen LogP contribution >= 0.6 is 22.9 Å². The van der Waals surface area contributed by atoms with Crippen LogP contribution in [0.3, 0.4) is 0 Å². The van der Waals surface area contributed by atoms with E-state index in [0.717, 1.165) is 24.2 Å². The van der Waals surface area contributed by atoms with Crippen molar-refractivity contribution in [3.63, 3.8) is 0 Å². The summed E-state index contributed by atoms with van der Waals surface area (Å²) in [6, 6.07) is 12.9. The zero-order valence-electron chi connectivity index (χ0n) is 18.1. The van der Waals surface area contributed by atoms with Crippen LogP contribution in [0.25, 0.3) is 11.3 Å². The lowest BCUT2D eigenvalue weighted by Crippen LogP contribution is -2.33. The summed E-state index contributed by atoms with van der Waals surface area (Å²) in [4.78, 5) is 18.6. The fraction of sp³-hybridized carbons (Fsp3) is 0.318. The van der Waals surface area contributed by atoms with Crippen molar-refractivity contribution in [2.45, 2.75) is 6.54 Å². The maximum atomic E-state index is 12.5. The molecule has 3 aromatic rings. The molecule has 0 fully saturated rings. The zero-order valence-corrected chi connectivity index (χ0v) is 19.6. The standard InChI is InChI=1S/C22H26ClN5O2S/c1-26(2)11-12-27(3)21(24)16-7-5-15(6-8-16)18-13-17(30-25-18)14-28(4)22(29)19-9-10-20(23)31-19/h5-10,13,24H,11-12,14H2,1-4H3. The first kappa shape index (κ1) is 23.0. The molecule has 1 N–H and O–H groups in total. The summed E-state index contributed by atoms with van der Waals surface area (Å²) in [7, 11) is 7.67. The first-order chi connectivity index (χ1) is 14.7. The van der Waals surface area contributed by atoms with Crippen molar-refractivity contribution < 1.29 is 9.32 Å². The minimum absolute atomic E-state index is 0.115. The van der Waals surface area contributed by atoms with Crippen molar-refractivity contribution in [3.8, 4) is 11.3 Å². The van der Waals surface area contributed by atoms with E-state index in [-0.39, 0.29) is 5.91 Å². The number of hydrogen-bond donors (Lipinski definition) is 1. The van der Waals surface area contributed by atoms with Gasteiger partial charge < -0.3 is 19.2 Å². The summed E-state index contributed by atoms with van der Waals surface area (Å²) in [6.07, 6.45) is 0. The molecule has 2 aromatic heterocycles. The highest BCUT2D eigenvalue weighted by molar-refractivity contribution is 7.17. The topological polar surface area (TPSA) is 76.7 Å². The average Bonchev–Trinajstić information content (AvgIpc) is 3.40. The first-order valence-electron chi connectivity index (χ1n) is 9.76. The fourth-order valence-corrected chi connectivity index (χ4v) is 3.97. The second-order valence-corrected chi connectivity index (χ2v) is 9.31. The van der Waals surface area contributed by atoms with Crippen LogP contribution in [-0.4, -0.2) is 72.9 Å². The van der Waals surface area contributed by atoms with Gasteiger partial charge in [-0.25, -0.2) is 0 Å². The Bertz CT molecular complexity index is 1040. The van der Waals surface area contributed by atoms with Crippen LogP contribution in [0.4, 0.5) is 0 Å². The first-order valence-corrected chi connectivity index (χ1v) is 11.0. The third-order valence-electron chi connectivity index (χ3n) is 4.80. The molecule has 0 saturated carbocycles. The second kappa shape index (κ2) is 10.1. The monoisotopic (exact) mass is 459 g/mol. The van der Waals surface area contributed by atoms with Gasteiger partial charge in [-0.3, -0.25) is 10.2 Å². The van der Waals surface area contributed by atoms with Crippen LogP contribution < -0.4 is 0 Å². The van der Waals surface area contributed by atoms with Crippen LogP contribution in [0, 0.1) is 5.41 Å². The number of thiophene rings is 1. The Morgan fingerprint density at radius 2 is 1.77 bits per heavy atom. The molecule has 0 aliphatic heterocycles. The molecule has 0 atom stereocenters. The lowest BCUT2D eigenvalue weighted by atomic mass is 10.1. The summed E-state index contributed by atoms with van der Waals surface area (Å²) in [5.41, 5.74) is 2.42. The molecule has 3 rings (SSSR count). The average molecular weight is 460 g/mol. The van der Waals surface area contributed by atoms with Gasteiger partial charge in [-0.15, -0.1) is 11.3 Å². The van der Waals surface area contributed by atoms with E-state index >= 15 is 0 Å². The highest BCUT2D eigenvalue weighted by atomic mass is 35.5. The molecule has 0 unspecified atom stereocenters. The van der Waals surface area contributed by atoms with Crippen molar-refractivity contribution in [2.75, 3.05) is 41.3 Å². The summed E-state index contributed by atoms with van der Waals surface area (Å²) in [5.74, 6) is 0.952. The molecule has 0 aliphatic rings. The molecule has 0 bridgehead atoms. The van der Waals surface area contributed by atoms with Gasteiger partial charge >= 0.3 is 0 Å². The van der Waals surface area contributed by atoms with Gasteiger partial charge in [0.15, 0.2) is 5.76 Å².